The van der Waals surface area contributed by atoms with Crippen LogP contribution in [0.15, 0.2) is 77.7 Å². The van der Waals surface area contributed by atoms with Crippen LogP contribution in [0.4, 0.5) is 10.1 Å². The molecule has 0 bridgehead atoms. The molecule has 1 aliphatic rings. The molecule has 0 unspecified atom stereocenters. The van der Waals surface area contributed by atoms with Gasteiger partial charge in [0, 0.05) is 6.54 Å². The fourth-order valence-electron chi connectivity index (χ4n) is 3.66. The van der Waals surface area contributed by atoms with Crippen molar-refractivity contribution >= 4 is 21.6 Å². The molecule has 0 aromatic heterocycles. The molecule has 32 heavy (non-hydrogen) atoms. The SMILES string of the molecule is C[C@@H](NC(=O)COc1ccc(S(=O)(=O)N2CCc3ccccc32)cc1)c1ccc(F)cc1. The number of halogens is 1. The summed E-state index contributed by atoms with van der Waals surface area (Å²) in [7, 11) is -3.68. The number of nitrogens with zero attached hydrogens (tertiary/aromatic N) is 1. The molecule has 0 radical (unpaired) electrons. The number of para-hydroxylation sites is 1. The third-order valence-electron chi connectivity index (χ3n) is 5.37. The fourth-order valence-corrected chi connectivity index (χ4v) is 5.16. The normalized spacial score (nSPS) is 14.0. The quantitative estimate of drug-likeness (QED) is 0.589. The molecule has 8 heteroatoms. The van der Waals surface area contributed by atoms with Crippen molar-refractivity contribution in [3.8, 4) is 5.75 Å². The van der Waals surface area contributed by atoms with E-state index in [2.05, 4.69) is 5.32 Å². The molecular weight excluding hydrogens is 431 g/mol. The number of nitrogens with one attached hydrogen (secondary N) is 1. The number of hydrogen-bond acceptors (Lipinski definition) is 4. The lowest BCUT2D eigenvalue weighted by Crippen LogP contribution is -2.31. The standard InChI is InChI=1S/C24H23FN2O4S/c1-17(18-6-8-20(25)9-7-18)26-24(28)16-31-21-10-12-22(13-11-21)32(29,30)27-15-14-19-4-2-3-5-23(19)27/h2-13,17H,14-16H2,1H3,(H,26,28)/t17-/m1/s1. The largest absolute Gasteiger partial charge is 0.484 e. The summed E-state index contributed by atoms with van der Waals surface area (Å²) < 4.78 is 46.0. The van der Waals surface area contributed by atoms with Crippen LogP contribution in [0.1, 0.15) is 24.1 Å². The summed E-state index contributed by atoms with van der Waals surface area (Å²) in [5.41, 5.74) is 2.49. The Morgan fingerprint density at radius 1 is 1.06 bits per heavy atom. The Hall–Kier alpha value is -3.39. The molecule has 1 amide bonds. The third-order valence-corrected chi connectivity index (χ3v) is 7.20. The van der Waals surface area contributed by atoms with Gasteiger partial charge in [-0.1, -0.05) is 30.3 Å². The van der Waals surface area contributed by atoms with Gasteiger partial charge in [-0.25, -0.2) is 12.8 Å². The van der Waals surface area contributed by atoms with Crippen molar-refractivity contribution in [3.63, 3.8) is 0 Å². The minimum absolute atomic E-state index is 0.163. The highest BCUT2D eigenvalue weighted by molar-refractivity contribution is 7.92. The van der Waals surface area contributed by atoms with Crippen molar-refractivity contribution in [3.05, 3.63) is 89.7 Å². The van der Waals surface area contributed by atoms with Gasteiger partial charge < -0.3 is 10.1 Å². The lowest BCUT2D eigenvalue weighted by atomic mass is 10.1. The summed E-state index contributed by atoms with van der Waals surface area (Å²) >= 11 is 0. The van der Waals surface area contributed by atoms with Crippen molar-refractivity contribution in [2.45, 2.75) is 24.3 Å². The van der Waals surface area contributed by atoms with E-state index >= 15 is 0 Å². The van der Waals surface area contributed by atoms with Gasteiger partial charge in [-0.3, -0.25) is 9.10 Å². The van der Waals surface area contributed by atoms with Crippen LogP contribution in [0, 0.1) is 5.82 Å². The van der Waals surface area contributed by atoms with Crippen molar-refractivity contribution in [2.24, 2.45) is 0 Å². The predicted molar refractivity (Wildman–Crippen MR) is 120 cm³/mol. The van der Waals surface area contributed by atoms with E-state index in [1.54, 1.807) is 19.1 Å². The lowest BCUT2D eigenvalue weighted by Gasteiger charge is -2.19. The summed E-state index contributed by atoms with van der Waals surface area (Å²) in [6.45, 7) is 1.98. The van der Waals surface area contributed by atoms with Crippen LogP contribution < -0.4 is 14.4 Å². The average molecular weight is 455 g/mol. The maximum atomic E-state index is 13.0. The Kier molecular flexibility index (Phi) is 6.14. The second-order valence-electron chi connectivity index (χ2n) is 7.56. The molecular formula is C24H23FN2O4S. The Balaban J connectivity index is 1.36. The summed E-state index contributed by atoms with van der Waals surface area (Å²) in [5.74, 6) is -0.294. The number of amides is 1. The summed E-state index contributed by atoms with van der Waals surface area (Å²) in [6, 6.07) is 19.1. The van der Waals surface area contributed by atoms with Crippen LogP contribution in [0.25, 0.3) is 0 Å². The summed E-state index contributed by atoms with van der Waals surface area (Å²) in [4.78, 5) is 12.3. The molecule has 0 spiro atoms. The summed E-state index contributed by atoms with van der Waals surface area (Å²) in [6.07, 6.45) is 0.683. The third kappa shape index (κ3) is 4.60. The van der Waals surface area contributed by atoms with Gasteiger partial charge in [-0.05, 0) is 66.9 Å². The molecule has 0 saturated carbocycles. The minimum atomic E-state index is -3.68. The zero-order valence-corrected chi connectivity index (χ0v) is 18.3. The zero-order chi connectivity index (χ0) is 22.7. The number of fused-ring (bicyclic) bond motifs is 1. The molecule has 0 saturated heterocycles. The molecule has 0 aliphatic carbocycles. The molecule has 0 fully saturated rings. The van der Waals surface area contributed by atoms with Gasteiger partial charge in [0.25, 0.3) is 15.9 Å². The first kappa shape index (κ1) is 21.8. The zero-order valence-electron chi connectivity index (χ0n) is 17.5. The van der Waals surface area contributed by atoms with Gasteiger partial charge >= 0.3 is 0 Å². The Labute approximate surface area is 186 Å². The Bertz CT molecular complexity index is 1210. The smallest absolute Gasteiger partial charge is 0.264 e. The van der Waals surface area contributed by atoms with Crippen LogP contribution in [-0.4, -0.2) is 27.5 Å². The van der Waals surface area contributed by atoms with E-state index in [1.165, 1.54) is 40.7 Å². The fraction of sp³-hybridized carbons (Fsp3) is 0.208. The van der Waals surface area contributed by atoms with Gasteiger partial charge in [0.1, 0.15) is 11.6 Å². The molecule has 3 aromatic carbocycles. The predicted octanol–water partition coefficient (Wildman–Crippen LogP) is 3.83. The van der Waals surface area contributed by atoms with E-state index in [9.17, 15) is 17.6 Å². The van der Waals surface area contributed by atoms with Crippen LogP contribution in [0.5, 0.6) is 5.75 Å². The first-order valence-corrected chi connectivity index (χ1v) is 11.7. The number of carbonyl (C=O) groups is 1. The Morgan fingerprint density at radius 2 is 1.75 bits per heavy atom. The van der Waals surface area contributed by atoms with Gasteiger partial charge in [0.2, 0.25) is 0 Å². The van der Waals surface area contributed by atoms with Crippen molar-refractivity contribution in [2.75, 3.05) is 17.5 Å². The van der Waals surface area contributed by atoms with Crippen LogP contribution in [-0.2, 0) is 21.2 Å². The molecule has 3 aromatic rings. The van der Waals surface area contributed by atoms with E-state index in [-0.39, 0.29) is 29.3 Å². The van der Waals surface area contributed by atoms with Gasteiger partial charge in [-0.2, -0.15) is 0 Å². The van der Waals surface area contributed by atoms with E-state index < -0.39 is 10.0 Å². The van der Waals surface area contributed by atoms with Crippen LogP contribution in [0.2, 0.25) is 0 Å². The van der Waals surface area contributed by atoms with E-state index in [0.717, 1.165) is 11.1 Å². The number of anilines is 1. The number of sulfonamides is 1. The molecule has 1 N–H and O–H groups in total. The monoisotopic (exact) mass is 454 g/mol. The second-order valence-corrected chi connectivity index (χ2v) is 9.42. The first-order valence-electron chi connectivity index (χ1n) is 10.2. The average Bonchev–Trinajstić information content (AvgIpc) is 3.23. The number of hydrogen-bond donors (Lipinski definition) is 1. The maximum Gasteiger partial charge on any atom is 0.264 e. The Morgan fingerprint density at radius 3 is 2.47 bits per heavy atom. The molecule has 4 rings (SSSR count). The molecule has 1 heterocycles. The number of ether oxygens (including phenoxy) is 1. The minimum Gasteiger partial charge on any atom is -0.484 e. The maximum absolute atomic E-state index is 13.0. The molecule has 1 atom stereocenters. The second kappa shape index (κ2) is 9.00. The van der Waals surface area contributed by atoms with E-state index in [0.29, 0.717) is 24.4 Å². The van der Waals surface area contributed by atoms with Gasteiger partial charge in [-0.15, -0.1) is 0 Å². The topological polar surface area (TPSA) is 75.7 Å². The van der Waals surface area contributed by atoms with Crippen LogP contribution in [0.3, 0.4) is 0 Å². The highest BCUT2D eigenvalue weighted by Gasteiger charge is 2.30. The molecule has 6 nitrogen and oxygen atoms in total. The highest BCUT2D eigenvalue weighted by Crippen LogP contribution is 2.33. The van der Waals surface area contributed by atoms with Gasteiger partial charge in [0.15, 0.2) is 6.61 Å². The molecule has 1 aliphatic heterocycles. The number of rotatable bonds is 7. The molecule has 166 valence electrons. The highest BCUT2D eigenvalue weighted by atomic mass is 32.2. The first-order chi connectivity index (χ1) is 15.3. The van der Waals surface area contributed by atoms with Crippen LogP contribution >= 0.6 is 0 Å². The lowest BCUT2D eigenvalue weighted by molar-refractivity contribution is -0.123. The van der Waals surface area contributed by atoms with Crippen molar-refractivity contribution in [1.82, 2.24) is 5.32 Å². The number of carbonyl (C=O) groups excluding carboxylic acids is 1. The van der Waals surface area contributed by atoms with Crippen molar-refractivity contribution < 1.29 is 22.3 Å². The van der Waals surface area contributed by atoms with Gasteiger partial charge in [0.05, 0.1) is 16.6 Å². The van der Waals surface area contributed by atoms with Crippen molar-refractivity contribution in [1.29, 1.82) is 0 Å². The summed E-state index contributed by atoms with van der Waals surface area (Å²) in [5, 5.41) is 2.78. The van der Waals surface area contributed by atoms with E-state index in [1.807, 2.05) is 24.3 Å². The van der Waals surface area contributed by atoms with E-state index in [4.69, 9.17) is 4.74 Å². The number of benzene rings is 3.